The van der Waals surface area contributed by atoms with Crippen molar-refractivity contribution in [2.75, 3.05) is 6.54 Å². The first-order valence-corrected chi connectivity index (χ1v) is 6.57. The molecular weight excluding hydrogens is 298 g/mol. The van der Waals surface area contributed by atoms with Crippen LogP contribution in [-0.2, 0) is 4.79 Å². The van der Waals surface area contributed by atoms with Crippen LogP contribution in [0.5, 0.6) is 0 Å². The summed E-state index contributed by atoms with van der Waals surface area (Å²) in [6, 6.07) is 7.34. The highest BCUT2D eigenvalue weighted by atomic mass is 79.9. The highest BCUT2D eigenvalue weighted by Crippen LogP contribution is 2.30. The molecule has 0 aliphatic heterocycles. The van der Waals surface area contributed by atoms with Crippen molar-refractivity contribution in [2.45, 2.75) is 19.8 Å². The second-order valence-electron chi connectivity index (χ2n) is 4.63. The molecule has 1 aromatic rings. The molecule has 0 aromatic heterocycles. The van der Waals surface area contributed by atoms with Gasteiger partial charge in [-0.15, -0.1) is 0 Å². The van der Waals surface area contributed by atoms with E-state index in [1.807, 2.05) is 38.1 Å². The Morgan fingerprint density at radius 1 is 1.33 bits per heavy atom. The number of carbonyl (C=O) groups is 1. The van der Waals surface area contributed by atoms with E-state index in [2.05, 4.69) is 15.9 Å². The third kappa shape index (κ3) is 3.91. The fraction of sp³-hybridized carbons (Fsp3) is 0.462. The normalized spacial score (nSPS) is 14.2. The van der Waals surface area contributed by atoms with Crippen LogP contribution in [0.2, 0.25) is 0 Å². The number of rotatable bonds is 6. The van der Waals surface area contributed by atoms with Crippen molar-refractivity contribution < 1.29 is 9.72 Å². The fourth-order valence-corrected chi connectivity index (χ4v) is 2.30. The Morgan fingerprint density at radius 3 is 2.28 bits per heavy atom. The van der Waals surface area contributed by atoms with Crippen molar-refractivity contribution in [2.24, 2.45) is 11.8 Å². The van der Waals surface area contributed by atoms with Crippen LogP contribution in [0, 0.1) is 22.0 Å². The Hall–Kier alpha value is -1.23. The molecule has 0 unspecified atom stereocenters. The van der Waals surface area contributed by atoms with Crippen LogP contribution in [0.3, 0.4) is 0 Å². The van der Waals surface area contributed by atoms with Crippen LogP contribution in [0.4, 0.5) is 0 Å². The summed E-state index contributed by atoms with van der Waals surface area (Å²) < 4.78 is 0.915. The largest absolute Gasteiger partial charge is 0.303 e. The van der Waals surface area contributed by atoms with Crippen molar-refractivity contribution in [1.29, 1.82) is 0 Å². The van der Waals surface area contributed by atoms with Gasteiger partial charge < -0.3 is 4.79 Å². The van der Waals surface area contributed by atoms with Gasteiger partial charge in [0.05, 0.1) is 5.92 Å². The molecule has 0 saturated heterocycles. The van der Waals surface area contributed by atoms with Crippen molar-refractivity contribution in [3.63, 3.8) is 0 Å². The summed E-state index contributed by atoms with van der Waals surface area (Å²) in [5.41, 5.74) is 0.834. The Morgan fingerprint density at radius 2 is 1.89 bits per heavy atom. The van der Waals surface area contributed by atoms with Gasteiger partial charge in [-0.3, -0.25) is 10.1 Å². The van der Waals surface area contributed by atoms with Gasteiger partial charge in [0.2, 0.25) is 6.54 Å². The van der Waals surface area contributed by atoms with Gasteiger partial charge >= 0.3 is 0 Å². The second-order valence-corrected chi connectivity index (χ2v) is 5.55. The molecule has 0 aliphatic rings. The van der Waals surface area contributed by atoms with E-state index in [4.69, 9.17) is 0 Å². The first-order chi connectivity index (χ1) is 8.45. The minimum atomic E-state index is -0.370. The minimum absolute atomic E-state index is 0.0797. The number of aldehydes is 1. The molecule has 0 radical (unpaired) electrons. The lowest BCUT2D eigenvalue weighted by atomic mass is 9.80. The SMILES string of the molecule is CC(C)[C@H](C=O)[C@@H](C[N+](=O)[O-])c1ccc(Br)cc1. The lowest BCUT2D eigenvalue weighted by molar-refractivity contribution is -0.484. The molecule has 0 spiro atoms. The quantitative estimate of drug-likeness (QED) is 0.460. The summed E-state index contributed by atoms with van der Waals surface area (Å²) in [4.78, 5) is 21.6. The van der Waals surface area contributed by atoms with Crippen LogP contribution in [0.1, 0.15) is 25.3 Å². The highest BCUT2D eigenvalue weighted by Gasteiger charge is 2.29. The van der Waals surface area contributed by atoms with Crippen molar-refractivity contribution in [1.82, 2.24) is 0 Å². The number of hydrogen-bond acceptors (Lipinski definition) is 3. The zero-order chi connectivity index (χ0) is 13.7. The lowest BCUT2D eigenvalue weighted by Crippen LogP contribution is -2.26. The summed E-state index contributed by atoms with van der Waals surface area (Å²) >= 11 is 3.33. The molecule has 18 heavy (non-hydrogen) atoms. The van der Waals surface area contributed by atoms with Gasteiger partial charge in [-0.25, -0.2) is 0 Å². The summed E-state index contributed by atoms with van der Waals surface area (Å²) in [6.45, 7) is 3.60. The summed E-state index contributed by atoms with van der Waals surface area (Å²) in [7, 11) is 0. The molecule has 0 saturated carbocycles. The highest BCUT2D eigenvalue weighted by molar-refractivity contribution is 9.10. The maximum absolute atomic E-state index is 11.2. The zero-order valence-corrected chi connectivity index (χ0v) is 12.0. The Bertz CT molecular complexity index is 417. The van der Waals surface area contributed by atoms with Gasteiger partial charge in [0, 0.05) is 15.3 Å². The molecular formula is C13H16BrNO3. The van der Waals surface area contributed by atoms with Crippen molar-refractivity contribution in [3.05, 3.63) is 44.4 Å². The number of benzene rings is 1. The number of carbonyl (C=O) groups excluding carboxylic acids is 1. The molecule has 0 amide bonds. The van der Waals surface area contributed by atoms with Gasteiger partial charge in [-0.1, -0.05) is 41.9 Å². The molecule has 0 bridgehead atoms. The Labute approximate surface area is 115 Å². The first kappa shape index (κ1) is 14.8. The smallest absolute Gasteiger partial charge is 0.211 e. The predicted octanol–water partition coefficient (Wildman–Crippen LogP) is 3.28. The van der Waals surface area contributed by atoms with E-state index in [0.717, 1.165) is 16.3 Å². The molecule has 2 atom stereocenters. The van der Waals surface area contributed by atoms with E-state index in [1.165, 1.54) is 0 Å². The van der Waals surface area contributed by atoms with E-state index in [-0.39, 0.29) is 29.2 Å². The van der Waals surface area contributed by atoms with Crippen molar-refractivity contribution in [3.8, 4) is 0 Å². The second kappa shape index (κ2) is 6.64. The molecule has 1 rings (SSSR count). The van der Waals surface area contributed by atoms with Gasteiger partial charge in [0.1, 0.15) is 6.29 Å². The zero-order valence-electron chi connectivity index (χ0n) is 10.4. The van der Waals surface area contributed by atoms with E-state index in [1.54, 1.807) is 0 Å². The molecule has 0 aliphatic carbocycles. The Kier molecular flexibility index (Phi) is 5.47. The van der Waals surface area contributed by atoms with Crippen molar-refractivity contribution >= 4 is 22.2 Å². The predicted molar refractivity (Wildman–Crippen MR) is 73.1 cm³/mol. The summed E-state index contributed by atoms with van der Waals surface area (Å²) in [5.74, 6) is -0.627. The third-order valence-electron chi connectivity index (χ3n) is 3.04. The van der Waals surface area contributed by atoms with E-state index >= 15 is 0 Å². The maximum atomic E-state index is 11.2. The summed E-state index contributed by atoms with van der Waals surface area (Å²) in [5, 5.41) is 10.8. The molecule has 0 N–H and O–H groups in total. The average Bonchev–Trinajstić information content (AvgIpc) is 2.28. The molecule has 98 valence electrons. The van der Waals surface area contributed by atoms with Crippen LogP contribution in [-0.4, -0.2) is 17.8 Å². The topological polar surface area (TPSA) is 60.2 Å². The number of halogens is 1. The summed E-state index contributed by atoms with van der Waals surface area (Å²) in [6.07, 6.45) is 0.834. The fourth-order valence-electron chi connectivity index (χ4n) is 2.04. The van der Waals surface area contributed by atoms with Crippen LogP contribution < -0.4 is 0 Å². The standard InChI is InChI=1S/C13H16BrNO3/c1-9(2)13(8-16)12(7-15(17)18)10-3-5-11(14)6-4-10/h3-6,8-9,12-13H,7H2,1-2H3/t12-,13-/m0/s1. The van der Waals surface area contributed by atoms with Crippen LogP contribution in [0.25, 0.3) is 0 Å². The molecule has 4 nitrogen and oxygen atoms in total. The third-order valence-corrected chi connectivity index (χ3v) is 3.56. The average molecular weight is 314 g/mol. The van der Waals surface area contributed by atoms with E-state index < -0.39 is 0 Å². The molecule has 1 aromatic carbocycles. The van der Waals surface area contributed by atoms with Gasteiger partial charge in [0.15, 0.2) is 0 Å². The van der Waals surface area contributed by atoms with Gasteiger partial charge in [-0.2, -0.15) is 0 Å². The Balaban J connectivity index is 3.07. The first-order valence-electron chi connectivity index (χ1n) is 5.78. The molecule has 0 heterocycles. The minimum Gasteiger partial charge on any atom is -0.303 e. The van der Waals surface area contributed by atoms with E-state index in [0.29, 0.717) is 0 Å². The van der Waals surface area contributed by atoms with Gasteiger partial charge in [-0.05, 0) is 23.6 Å². The lowest BCUT2D eigenvalue weighted by Gasteiger charge is -2.23. The van der Waals surface area contributed by atoms with Crippen LogP contribution in [0.15, 0.2) is 28.7 Å². The maximum Gasteiger partial charge on any atom is 0.211 e. The van der Waals surface area contributed by atoms with Crippen LogP contribution >= 0.6 is 15.9 Å². The van der Waals surface area contributed by atoms with E-state index in [9.17, 15) is 14.9 Å². The molecule has 0 fully saturated rings. The number of nitrogens with zero attached hydrogens (tertiary/aromatic N) is 1. The number of hydrogen-bond donors (Lipinski definition) is 0. The van der Waals surface area contributed by atoms with Gasteiger partial charge in [0.25, 0.3) is 0 Å². The monoisotopic (exact) mass is 313 g/mol. The molecule has 5 heteroatoms. The number of nitro groups is 1.